The van der Waals surface area contributed by atoms with Crippen LogP contribution in [0.1, 0.15) is 5.69 Å². The summed E-state index contributed by atoms with van der Waals surface area (Å²) in [5, 5.41) is 49.5. The Hall–Kier alpha value is -1.77. The van der Waals surface area contributed by atoms with E-state index in [9.17, 15) is 25.2 Å². The van der Waals surface area contributed by atoms with Crippen molar-refractivity contribution in [3.8, 4) is 0 Å². The molecule has 1 aromatic carbocycles. The second-order valence-corrected chi connectivity index (χ2v) is 5.33. The number of aromatic amines is 1. The average Bonchev–Trinajstić information content (AvgIpc) is 2.94. The number of fused-ring (bicyclic) bond motifs is 1. The molecule has 4 unspecified atom stereocenters. The lowest BCUT2D eigenvalue weighted by molar-refractivity contribution is -0.181. The monoisotopic (exact) mass is 309 g/mol. The summed E-state index contributed by atoms with van der Waals surface area (Å²) in [5.74, 6) is 0. The third-order valence-electron chi connectivity index (χ3n) is 3.76. The maximum Gasteiger partial charge on any atom is 0.151 e. The lowest BCUT2D eigenvalue weighted by Gasteiger charge is -2.36. The molecule has 0 aliphatic carbocycles. The number of hydrogen-bond acceptors (Lipinski definition) is 6. The maximum atomic E-state index is 10.9. The predicted molar refractivity (Wildman–Crippen MR) is 78.1 cm³/mol. The molecule has 0 saturated carbocycles. The maximum absolute atomic E-state index is 10.9. The van der Waals surface area contributed by atoms with Crippen LogP contribution >= 0.6 is 0 Å². The van der Waals surface area contributed by atoms with Gasteiger partial charge in [-0.25, -0.2) is 0 Å². The van der Waals surface area contributed by atoms with Gasteiger partial charge in [0.05, 0.1) is 6.61 Å². The number of aromatic nitrogens is 1. The van der Waals surface area contributed by atoms with Crippen molar-refractivity contribution in [2.45, 2.75) is 30.3 Å². The third kappa shape index (κ3) is 3.03. The van der Waals surface area contributed by atoms with Crippen molar-refractivity contribution in [2.75, 3.05) is 6.61 Å². The molecule has 0 fully saturated rings. The van der Waals surface area contributed by atoms with Gasteiger partial charge in [0.1, 0.15) is 23.9 Å². The van der Waals surface area contributed by atoms with Crippen molar-refractivity contribution < 1.29 is 30.3 Å². The molecule has 22 heavy (non-hydrogen) atoms. The quantitative estimate of drug-likeness (QED) is 0.353. The highest BCUT2D eigenvalue weighted by Crippen LogP contribution is 2.25. The second-order valence-electron chi connectivity index (χ2n) is 5.33. The first-order valence-electron chi connectivity index (χ1n) is 6.81. The van der Waals surface area contributed by atoms with Gasteiger partial charge in [0.15, 0.2) is 6.29 Å². The number of aliphatic hydroxyl groups excluding tert-OH is 4. The van der Waals surface area contributed by atoms with E-state index in [1.54, 1.807) is 6.07 Å². The Bertz CT molecular complexity index is 609. The van der Waals surface area contributed by atoms with Gasteiger partial charge in [0.2, 0.25) is 0 Å². The van der Waals surface area contributed by atoms with E-state index in [1.165, 1.54) is 0 Å². The van der Waals surface area contributed by atoms with E-state index in [-0.39, 0.29) is 12.7 Å². The van der Waals surface area contributed by atoms with Crippen LogP contribution in [-0.2, 0) is 11.2 Å². The minimum absolute atomic E-state index is 0.0793. The van der Waals surface area contributed by atoms with E-state index >= 15 is 0 Å². The van der Waals surface area contributed by atoms with E-state index in [0.717, 1.165) is 10.9 Å². The molecule has 7 heteroatoms. The molecule has 0 amide bonds. The fourth-order valence-electron chi connectivity index (χ4n) is 2.47. The SMILES string of the molecule is O=CC(O)C(O)(Cc1cc2ccccc2[nH]1)C(O)C(O)CO. The van der Waals surface area contributed by atoms with Crippen molar-refractivity contribution in [1.29, 1.82) is 0 Å². The van der Waals surface area contributed by atoms with Gasteiger partial charge in [-0.05, 0) is 17.5 Å². The molecule has 0 radical (unpaired) electrons. The molecule has 0 saturated heterocycles. The Kier molecular flexibility index (Phi) is 4.94. The molecule has 0 aliphatic rings. The highest BCUT2D eigenvalue weighted by atomic mass is 16.4. The zero-order chi connectivity index (χ0) is 16.3. The van der Waals surface area contributed by atoms with Gasteiger partial charge in [-0.15, -0.1) is 0 Å². The number of rotatable bonds is 7. The van der Waals surface area contributed by atoms with Crippen LogP contribution in [0.5, 0.6) is 0 Å². The molecule has 0 spiro atoms. The minimum atomic E-state index is -2.33. The Morgan fingerprint density at radius 3 is 2.50 bits per heavy atom. The fraction of sp³-hybridized carbons (Fsp3) is 0.400. The van der Waals surface area contributed by atoms with Gasteiger partial charge in [0, 0.05) is 17.6 Å². The zero-order valence-corrected chi connectivity index (χ0v) is 11.8. The zero-order valence-electron chi connectivity index (χ0n) is 11.8. The van der Waals surface area contributed by atoms with Crippen LogP contribution in [0.25, 0.3) is 10.9 Å². The largest absolute Gasteiger partial charge is 0.394 e. The molecule has 6 N–H and O–H groups in total. The van der Waals surface area contributed by atoms with Crippen LogP contribution in [0.4, 0.5) is 0 Å². The standard InChI is InChI=1S/C15H19NO6/c17-7-12(19)14(21)15(22,13(20)8-18)6-10-5-9-3-1-2-4-11(9)16-10/h1-5,8,12-14,16-17,19-22H,6-7H2. The Balaban J connectivity index is 2.35. The highest BCUT2D eigenvalue weighted by molar-refractivity contribution is 5.80. The highest BCUT2D eigenvalue weighted by Gasteiger charge is 2.46. The molecule has 1 heterocycles. The summed E-state index contributed by atoms with van der Waals surface area (Å²) in [7, 11) is 0. The average molecular weight is 309 g/mol. The summed E-state index contributed by atoms with van der Waals surface area (Å²) in [5.41, 5.74) is -1.07. The Morgan fingerprint density at radius 2 is 1.91 bits per heavy atom. The van der Waals surface area contributed by atoms with Crippen molar-refractivity contribution in [3.05, 3.63) is 36.0 Å². The number of H-pyrrole nitrogens is 1. The molecule has 0 aliphatic heterocycles. The van der Waals surface area contributed by atoms with Gasteiger partial charge in [-0.2, -0.15) is 0 Å². The number of aldehydes is 1. The van der Waals surface area contributed by atoms with Gasteiger partial charge in [-0.1, -0.05) is 18.2 Å². The van der Waals surface area contributed by atoms with Crippen LogP contribution < -0.4 is 0 Å². The smallest absolute Gasteiger partial charge is 0.151 e. The molecular formula is C15H19NO6. The second kappa shape index (κ2) is 6.55. The fourth-order valence-corrected chi connectivity index (χ4v) is 2.47. The number of benzene rings is 1. The first-order chi connectivity index (χ1) is 10.4. The molecule has 7 nitrogen and oxygen atoms in total. The number of carbonyl (C=O) groups excluding carboxylic acids is 1. The first kappa shape index (κ1) is 16.6. The lowest BCUT2D eigenvalue weighted by atomic mass is 9.83. The van der Waals surface area contributed by atoms with Crippen molar-refractivity contribution >= 4 is 17.2 Å². The third-order valence-corrected chi connectivity index (χ3v) is 3.76. The van der Waals surface area contributed by atoms with Crippen LogP contribution in [-0.4, -0.2) is 67.3 Å². The van der Waals surface area contributed by atoms with Crippen molar-refractivity contribution in [3.63, 3.8) is 0 Å². The van der Waals surface area contributed by atoms with E-state index in [2.05, 4.69) is 4.98 Å². The molecule has 4 atom stereocenters. The van der Waals surface area contributed by atoms with Crippen LogP contribution in [0.2, 0.25) is 0 Å². The number of hydrogen-bond donors (Lipinski definition) is 6. The summed E-state index contributed by atoms with van der Waals surface area (Å²) in [4.78, 5) is 13.9. The lowest BCUT2D eigenvalue weighted by Crippen LogP contribution is -2.59. The van der Waals surface area contributed by atoms with Crippen molar-refractivity contribution in [2.24, 2.45) is 0 Å². The predicted octanol–water partition coefficient (Wildman–Crippen LogP) is -1.28. The van der Waals surface area contributed by atoms with Crippen molar-refractivity contribution in [1.82, 2.24) is 4.98 Å². The molecule has 2 aromatic rings. The van der Waals surface area contributed by atoms with Crippen LogP contribution in [0.15, 0.2) is 30.3 Å². The van der Waals surface area contributed by atoms with E-state index in [4.69, 9.17) is 5.11 Å². The molecule has 120 valence electrons. The summed E-state index contributed by atoms with van der Waals surface area (Å²) >= 11 is 0. The normalized spacial score (nSPS) is 18.6. The summed E-state index contributed by atoms with van der Waals surface area (Å²) < 4.78 is 0. The first-order valence-corrected chi connectivity index (χ1v) is 6.81. The number of aliphatic hydroxyl groups is 5. The Labute approximate surface area is 126 Å². The van der Waals surface area contributed by atoms with Gasteiger partial charge >= 0.3 is 0 Å². The molecule has 0 bridgehead atoms. The number of nitrogens with one attached hydrogen (secondary N) is 1. The number of para-hydroxylation sites is 1. The minimum Gasteiger partial charge on any atom is -0.394 e. The van der Waals surface area contributed by atoms with Gasteiger partial charge in [-0.3, -0.25) is 0 Å². The summed E-state index contributed by atoms with van der Waals surface area (Å²) in [6, 6.07) is 9.00. The molecule has 2 rings (SSSR count). The molecular weight excluding hydrogens is 290 g/mol. The number of carbonyl (C=O) groups is 1. The summed E-state index contributed by atoms with van der Waals surface area (Å²) in [6.07, 6.45) is -5.74. The van der Waals surface area contributed by atoms with E-state index < -0.39 is 30.5 Å². The van der Waals surface area contributed by atoms with E-state index in [1.807, 2.05) is 24.3 Å². The Morgan fingerprint density at radius 1 is 1.23 bits per heavy atom. The van der Waals surface area contributed by atoms with E-state index in [0.29, 0.717) is 5.69 Å². The van der Waals surface area contributed by atoms with Crippen LogP contribution in [0, 0.1) is 0 Å². The molecule has 1 aromatic heterocycles. The van der Waals surface area contributed by atoms with Gasteiger partial charge < -0.3 is 35.3 Å². The van der Waals surface area contributed by atoms with Gasteiger partial charge in [0.25, 0.3) is 0 Å². The van der Waals surface area contributed by atoms with Crippen LogP contribution in [0.3, 0.4) is 0 Å². The topological polar surface area (TPSA) is 134 Å². The summed E-state index contributed by atoms with van der Waals surface area (Å²) in [6.45, 7) is -0.818.